The average molecular weight is 458 g/mol. The number of thiophene rings is 1. The largest absolute Gasteiger partial charge is 0.371 e. The van der Waals surface area contributed by atoms with E-state index in [0.717, 1.165) is 30.1 Å². The molecule has 1 aliphatic heterocycles. The molecule has 1 fully saturated rings. The van der Waals surface area contributed by atoms with Crippen LogP contribution in [0.5, 0.6) is 0 Å². The van der Waals surface area contributed by atoms with E-state index in [9.17, 15) is 14.4 Å². The average Bonchev–Trinajstić information content (AvgIpc) is 3.47. The molecule has 32 heavy (non-hydrogen) atoms. The van der Waals surface area contributed by atoms with E-state index < -0.39 is 18.1 Å². The molecule has 5 N–H and O–H groups in total. The lowest BCUT2D eigenvalue weighted by Gasteiger charge is -2.22. The maximum atomic E-state index is 12.9. The number of rotatable bonds is 10. The van der Waals surface area contributed by atoms with Gasteiger partial charge in [0, 0.05) is 29.3 Å². The molecule has 2 atom stereocenters. The Bertz CT molecular complexity index is 912. The highest BCUT2D eigenvalue weighted by atomic mass is 32.1. The molecule has 1 aromatic carbocycles. The first-order valence-corrected chi connectivity index (χ1v) is 11.9. The number of anilines is 2. The van der Waals surface area contributed by atoms with Gasteiger partial charge in [-0.1, -0.05) is 25.5 Å². The van der Waals surface area contributed by atoms with Crippen molar-refractivity contribution in [3.8, 4) is 0 Å². The van der Waals surface area contributed by atoms with Crippen molar-refractivity contribution in [3.63, 3.8) is 0 Å². The van der Waals surface area contributed by atoms with Crippen LogP contribution in [-0.2, 0) is 9.59 Å². The molecule has 9 heteroatoms. The molecule has 8 nitrogen and oxygen atoms in total. The van der Waals surface area contributed by atoms with Gasteiger partial charge in [-0.3, -0.25) is 9.59 Å². The quantitative estimate of drug-likeness (QED) is 0.438. The standard InChI is InChI=1S/C23H31N5O3S/c1-2-7-18(26-21(29)15-19(27-23(24)31)20-10-6-13-32-20)22(30)25-16-8-5-9-17(14-16)28-11-3-4-12-28/h5-6,8-10,13-14,18-19H,2-4,7,11-12,15H2,1H3,(H,25,30)(H,26,29)(H3,24,27,31). The molecule has 3 rings (SSSR count). The summed E-state index contributed by atoms with van der Waals surface area (Å²) >= 11 is 1.43. The van der Waals surface area contributed by atoms with E-state index in [1.165, 1.54) is 24.2 Å². The summed E-state index contributed by atoms with van der Waals surface area (Å²) in [6, 6.07) is 9.58. The molecule has 1 aliphatic rings. The molecule has 0 spiro atoms. The van der Waals surface area contributed by atoms with Crippen molar-refractivity contribution < 1.29 is 14.4 Å². The molecule has 1 saturated heterocycles. The number of primary amides is 1. The SMILES string of the molecule is CCCC(NC(=O)CC(NC(N)=O)c1cccs1)C(=O)Nc1cccc(N2CCCC2)c1. The molecule has 2 unspecified atom stereocenters. The highest BCUT2D eigenvalue weighted by molar-refractivity contribution is 7.10. The van der Waals surface area contributed by atoms with Crippen LogP contribution >= 0.6 is 11.3 Å². The van der Waals surface area contributed by atoms with E-state index in [2.05, 4.69) is 20.9 Å². The summed E-state index contributed by atoms with van der Waals surface area (Å²) in [5.41, 5.74) is 7.07. The van der Waals surface area contributed by atoms with Crippen LogP contribution < -0.4 is 26.6 Å². The summed E-state index contributed by atoms with van der Waals surface area (Å²) in [6.07, 6.45) is 3.61. The van der Waals surface area contributed by atoms with Crippen LogP contribution in [0.2, 0.25) is 0 Å². The Morgan fingerprint density at radius 2 is 1.91 bits per heavy atom. The Balaban J connectivity index is 1.62. The second-order valence-electron chi connectivity index (χ2n) is 7.92. The number of hydrogen-bond donors (Lipinski definition) is 4. The van der Waals surface area contributed by atoms with Gasteiger partial charge in [0.1, 0.15) is 6.04 Å². The van der Waals surface area contributed by atoms with Crippen molar-refractivity contribution in [2.45, 2.75) is 51.1 Å². The number of amides is 4. The molecule has 2 aromatic rings. The van der Waals surface area contributed by atoms with Gasteiger partial charge in [-0.2, -0.15) is 0 Å². The number of nitrogens with two attached hydrogens (primary N) is 1. The minimum atomic E-state index is -0.697. The number of nitrogens with one attached hydrogen (secondary N) is 3. The van der Waals surface area contributed by atoms with Crippen LogP contribution in [0.4, 0.5) is 16.2 Å². The van der Waals surface area contributed by atoms with Gasteiger partial charge in [0.25, 0.3) is 0 Å². The van der Waals surface area contributed by atoms with Gasteiger partial charge >= 0.3 is 6.03 Å². The summed E-state index contributed by atoms with van der Waals surface area (Å²) in [7, 11) is 0. The predicted octanol–water partition coefficient (Wildman–Crippen LogP) is 3.37. The normalized spacial score (nSPS) is 15.1. The lowest BCUT2D eigenvalue weighted by molar-refractivity contribution is -0.127. The topological polar surface area (TPSA) is 117 Å². The molecule has 1 aromatic heterocycles. The van der Waals surface area contributed by atoms with Crippen molar-refractivity contribution in [1.82, 2.24) is 10.6 Å². The van der Waals surface area contributed by atoms with Crippen LogP contribution in [0.1, 0.15) is 49.9 Å². The summed E-state index contributed by atoms with van der Waals surface area (Å²) in [5.74, 6) is -0.578. The molecule has 0 bridgehead atoms. The van der Waals surface area contributed by atoms with Crippen molar-refractivity contribution in [2.24, 2.45) is 5.73 Å². The van der Waals surface area contributed by atoms with Gasteiger partial charge in [-0.05, 0) is 48.9 Å². The van der Waals surface area contributed by atoms with E-state index in [-0.39, 0.29) is 18.2 Å². The minimum Gasteiger partial charge on any atom is -0.371 e. The number of benzene rings is 1. The Morgan fingerprint density at radius 1 is 1.12 bits per heavy atom. The van der Waals surface area contributed by atoms with Crippen LogP contribution in [0.3, 0.4) is 0 Å². The van der Waals surface area contributed by atoms with E-state index in [4.69, 9.17) is 5.73 Å². The third-order valence-electron chi connectivity index (χ3n) is 5.41. The van der Waals surface area contributed by atoms with Gasteiger partial charge in [0.05, 0.1) is 12.5 Å². The Kier molecular flexibility index (Phi) is 8.49. The van der Waals surface area contributed by atoms with E-state index in [1.54, 1.807) is 0 Å². The number of carbonyl (C=O) groups excluding carboxylic acids is 3. The third kappa shape index (κ3) is 6.71. The zero-order valence-electron chi connectivity index (χ0n) is 18.3. The van der Waals surface area contributed by atoms with Crippen LogP contribution in [0.25, 0.3) is 0 Å². The first-order valence-electron chi connectivity index (χ1n) is 11.0. The predicted molar refractivity (Wildman–Crippen MR) is 128 cm³/mol. The minimum absolute atomic E-state index is 0.00138. The Labute approximate surface area is 192 Å². The molecule has 172 valence electrons. The Hall–Kier alpha value is -3.07. The zero-order valence-corrected chi connectivity index (χ0v) is 19.1. The third-order valence-corrected chi connectivity index (χ3v) is 6.39. The molecule has 0 saturated carbocycles. The molecule has 0 radical (unpaired) electrons. The first-order chi connectivity index (χ1) is 15.5. The number of urea groups is 1. The lowest BCUT2D eigenvalue weighted by atomic mass is 10.1. The fraction of sp³-hybridized carbons (Fsp3) is 0.435. The summed E-state index contributed by atoms with van der Waals surface area (Å²) in [5, 5.41) is 10.2. The monoisotopic (exact) mass is 457 g/mol. The van der Waals surface area contributed by atoms with Crippen LogP contribution in [-0.4, -0.2) is 37.0 Å². The second kappa shape index (κ2) is 11.5. The van der Waals surface area contributed by atoms with Crippen molar-refractivity contribution in [1.29, 1.82) is 0 Å². The number of hydrogen-bond acceptors (Lipinski definition) is 5. The second-order valence-corrected chi connectivity index (χ2v) is 8.90. The van der Waals surface area contributed by atoms with Crippen LogP contribution in [0.15, 0.2) is 41.8 Å². The van der Waals surface area contributed by atoms with E-state index in [0.29, 0.717) is 12.1 Å². The van der Waals surface area contributed by atoms with E-state index in [1.807, 2.05) is 48.7 Å². The summed E-state index contributed by atoms with van der Waals surface area (Å²) in [6.45, 7) is 4.01. The van der Waals surface area contributed by atoms with Gasteiger partial charge in [0.2, 0.25) is 11.8 Å². The molecular weight excluding hydrogens is 426 g/mol. The Morgan fingerprint density at radius 3 is 2.56 bits per heavy atom. The number of nitrogens with zero attached hydrogens (tertiary/aromatic N) is 1. The van der Waals surface area contributed by atoms with Crippen LogP contribution in [0, 0.1) is 0 Å². The maximum Gasteiger partial charge on any atom is 0.312 e. The van der Waals surface area contributed by atoms with Gasteiger partial charge in [-0.15, -0.1) is 11.3 Å². The molecular formula is C23H31N5O3S. The molecule has 0 aliphatic carbocycles. The van der Waals surface area contributed by atoms with Gasteiger partial charge < -0.3 is 26.6 Å². The van der Waals surface area contributed by atoms with Crippen molar-refractivity contribution in [3.05, 3.63) is 46.7 Å². The fourth-order valence-corrected chi connectivity index (χ4v) is 4.64. The highest BCUT2D eigenvalue weighted by Gasteiger charge is 2.24. The number of carbonyl (C=O) groups is 3. The molecule has 4 amide bonds. The highest BCUT2D eigenvalue weighted by Crippen LogP contribution is 2.24. The maximum absolute atomic E-state index is 12.9. The zero-order chi connectivity index (χ0) is 22.9. The van der Waals surface area contributed by atoms with Gasteiger partial charge in [0.15, 0.2) is 0 Å². The summed E-state index contributed by atoms with van der Waals surface area (Å²) in [4.78, 5) is 40.1. The summed E-state index contributed by atoms with van der Waals surface area (Å²) < 4.78 is 0. The lowest BCUT2D eigenvalue weighted by Crippen LogP contribution is -2.45. The van der Waals surface area contributed by atoms with E-state index >= 15 is 0 Å². The van der Waals surface area contributed by atoms with Crippen molar-refractivity contribution >= 4 is 40.6 Å². The van der Waals surface area contributed by atoms with Crippen molar-refractivity contribution in [2.75, 3.05) is 23.3 Å². The molecule has 2 heterocycles. The first kappa shape index (κ1) is 23.6. The fourth-order valence-electron chi connectivity index (χ4n) is 3.87. The van der Waals surface area contributed by atoms with Gasteiger partial charge in [-0.25, -0.2) is 4.79 Å². The smallest absolute Gasteiger partial charge is 0.312 e.